The van der Waals surface area contributed by atoms with Crippen LogP contribution in [-0.4, -0.2) is 211 Å². The highest BCUT2D eigenvalue weighted by atomic mass is 16.8. The van der Waals surface area contributed by atoms with Crippen LogP contribution in [-0.2, 0) is 37.9 Å². The van der Waals surface area contributed by atoms with Gasteiger partial charge in [0.05, 0.1) is 26.4 Å². The first-order valence-electron chi connectivity index (χ1n) is 17.5. The fourth-order valence-electron chi connectivity index (χ4n) is 6.40. The van der Waals surface area contributed by atoms with Crippen molar-refractivity contribution in [2.24, 2.45) is 0 Å². The van der Waals surface area contributed by atoms with Gasteiger partial charge in [-0.05, 0) is 6.42 Å². The fourth-order valence-corrected chi connectivity index (χ4v) is 6.40. The van der Waals surface area contributed by atoms with Gasteiger partial charge in [0.25, 0.3) is 0 Å². The number of hydrogen-bond acceptors (Lipinski definition) is 20. The van der Waals surface area contributed by atoms with E-state index in [2.05, 4.69) is 6.92 Å². The standard InChI is InChI=1S/C31H56O20/c1-2-3-4-5-6-7-8-44-28-24(42)20(38)16(49-28)12-45-30-26(22(40)18(36)14(10-33)47-30)51-31-27(23(41)19(37)15(11-34)48-31)50-29-25(43)21(39)17(35)13(9-32)46-29/h13-43H,2-12H2,1H3/t13-,14-,15-,16-,17-,18-,19-,20-,21+,22+,23+,24+,25+,26+,27+,28-,29-,30+,31-/m1/s1. The molecule has 51 heavy (non-hydrogen) atoms. The van der Waals surface area contributed by atoms with Crippen molar-refractivity contribution in [1.29, 1.82) is 0 Å². The molecular weight excluding hydrogens is 692 g/mol. The number of unbranched alkanes of at least 4 members (excludes halogenated alkanes) is 5. The largest absolute Gasteiger partial charge is 0.394 e. The molecule has 0 spiro atoms. The highest BCUT2D eigenvalue weighted by Crippen LogP contribution is 2.34. The van der Waals surface area contributed by atoms with E-state index in [-0.39, 0.29) is 6.61 Å². The fraction of sp³-hybridized carbons (Fsp3) is 1.00. The molecule has 0 unspecified atom stereocenters. The van der Waals surface area contributed by atoms with Crippen LogP contribution in [0.1, 0.15) is 45.4 Å². The summed E-state index contributed by atoms with van der Waals surface area (Å²) in [6, 6.07) is 0. The molecule has 20 nitrogen and oxygen atoms in total. The molecule has 300 valence electrons. The van der Waals surface area contributed by atoms with Crippen molar-refractivity contribution in [3.05, 3.63) is 0 Å². The second-order valence-corrected chi connectivity index (χ2v) is 13.3. The van der Waals surface area contributed by atoms with E-state index < -0.39 is 143 Å². The van der Waals surface area contributed by atoms with E-state index in [1.165, 1.54) is 0 Å². The van der Waals surface area contributed by atoms with Gasteiger partial charge < -0.3 is 99.2 Å². The normalized spacial score (nSPS) is 46.4. The third-order valence-electron chi connectivity index (χ3n) is 9.60. The molecule has 19 atom stereocenters. The topological polar surface area (TPSA) is 317 Å². The molecule has 0 amide bonds. The van der Waals surface area contributed by atoms with Crippen molar-refractivity contribution in [1.82, 2.24) is 0 Å². The Morgan fingerprint density at radius 2 is 0.843 bits per heavy atom. The minimum absolute atomic E-state index is 0.279. The van der Waals surface area contributed by atoms with Crippen LogP contribution in [0.25, 0.3) is 0 Å². The zero-order valence-electron chi connectivity index (χ0n) is 28.4. The summed E-state index contributed by atoms with van der Waals surface area (Å²) in [7, 11) is 0. The zero-order chi connectivity index (χ0) is 37.4. The predicted molar refractivity (Wildman–Crippen MR) is 165 cm³/mol. The molecule has 0 radical (unpaired) electrons. The Labute approximate surface area is 294 Å². The molecule has 4 heterocycles. The Hall–Kier alpha value is -0.800. The Morgan fingerprint density at radius 3 is 1.43 bits per heavy atom. The Kier molecular flexibility index (Phi) is 17.0. The molecule has 0 aromatic rings. The number of aliphatic hydroxyl groups is 12. The number of hydrogen-bond donors (Lipinski definition) is 12. The number of ether oxygens (including phenoxy) is 8. The van der Waals surface area contributed by atoms with Gasteiger partial charge in [-0.3, -0.25) is 0 Å². The van der Waals surface area contributed by atoms with Crippen LogP contribution in [0.15, 0.2) is 0 Å². The van der Waals surface area contributed by atoms with Crippen LogP contribution < -0.4 is 0 Å². The molecule has 0 aliphatic carbocycles. The van der Waals surface area contributed by atoms with Gasteiger partial charge in [0.2, 0.25) is 0 Å². The molecule has 0 aromatic heterocycles. The van der Waals surface area contributed by atoms with E-state index in [1.54, 1.807) is 0 Å². The lowest BCUT2D eigenvalue weighted by Crippen LogP contribution is -2.67. The van der Waals surface area contributed by atoms with Crippen LogP contribution >= 0.6 is 0 Å². The maximum absolute atomic E-state index is 11.1. The predicted octanol–water partition coefficient (Wildman–Crippen LogP) is -5.72. The number of rotatable bonds is 18. The molecule has 0 bridgehead atoms. The Morgan fingerprint density at radius 1 is 0.412 bits per heavy atom. The van der Waals surface area contributed by atoms with E-state index in [4.69, 9.17) is 37.9 Å². The first-order valence-corrected chi connectivity index (χ1v) is 17.5. The van der Waals surface area contributed by atoms with E-state index in [0.717, 1.165) is 38.5 Å². The van der Waals surface area contributed by atoms with Gasteiger partial charge in [0.15, 0.2) is 25.2 Å². The van der Waals surface area contributed by atoms with Crippen LogP contribution in [0.3, 0.4) is 0 Å². The molecule has 4 fully saturated rings. The van der Waals surface area contributed by atoms with Gasteiger partial charge in [-0.25, -0.2) is 0 Å². The second-order valence-electron chi connectivity index (χ2n) is 13.3. The van der Waals surface area contributed by atoms with E-state index >= 15 is 0 Å². The smallest absolute Gasteiger partial charge is 0.187 e. The summed E-state index contributed by atoms with van der Waals surface area (Å²) in [5, 5.41) is 124. The first-order chi connectivity index (χ1) is 24.4. The molecule has 4 aliphatic rings. The second kappa shape index (κ2) is 20.2. The van der Waals surface area contributed by atoms with Crippen LogP contribution in [0.2, 0.25) is 0 Å². The quantitative estimate of drug-likeness (QED) is 0.0581. The van der Waals surface area contributed by atoms with Crippen molar-refractivity contribution in [2.45, 2.75) is 162 Å². The van der Waals surface area contributed by atoms with E-state index in [0.29, 0.717) is 0 Å². The highest BCUT2D eigenvalue weighted by molar-refractivity contribution is 4.96. The molecule has 20 heteroatoms. The number of aliphatic hydroxyl groups excluding tert-OH is 12. The molecule has 0 aromatic carbocycles. The van der Waals surface area contributed by atoms with Crippen molar-refractivity contribution in [3.8, 4) is 0 Å². The average Bonchev–Trinajstić information content (AvgIpc) is 3.39. The van der Waals surface area contributed by atoms with Crippen molar-refractivity contribution in [2.75, 3.05) is 33.0 Å². The van der Waals surface area contributed by atoms with Gasteiger partial charge in [-0.15, -0.1) is 0 Å². The third kappa shape index (κ3) is 10.3. The van der Waals surface area contributed by atoms with Crippen LogP contribution in [0.4, 0.5) is 0 Å². The van der Waals surface area contributed by atoms with Gasteiger partial charge in [-0.1, -0.05) is 39.0 Å². The zero-order valence-corrected chi connectivity index (χ0v) is 28.4. The lowest BCUT2D eigenvalue weighted by molar-refractivity contribution is -0.394. The van der Waals surface area contributed by atoms with E-state index in [1.807, 2.05) is 0 Å². The van der Waals surface area contributed by atoms with Gasteiger partial charge in [-0.2, -0.15) is 0 Å². The summed E-state index contributed by atoms with van der Waals surface area (Å²) in [6.07, 6.45) is -25.4. The summed E-state index contributed by atoms with van der Waals surface area (Å²) >= 11 is 0. The van der Waals surface area contributed by atoms with Crippen LogP contribution in [0.5, 0.6) is 0 Å². The molecule has 12 N–H and O–H groups in total. The highest BCUT2D eigenvalue weighted by Gasteiger charge is 2.54. The molecule has 0 saturated carbocycles. The minimum Gasteiger partial charge on any atom is -0.394 e. The van der Waals surface area contributed by atoms with Crippen LogP contribution in [0, 0.1) is 0 Å². The molecular formula is C31H56O20. The summed E-state index contributed by atoms with van der Waals surface area (Å²) in [4.78, 5) is 0. The summed E-state index contributed by atoms with van der Waals surface area (Å²) < 4.78 is 45.3. The van der Waals surface area contributed by atoms with E-state index in [9.17, 15) is 61.3 Å². The van der Waals surface area contributed by atoms with Gasteiger partial charge >= 0.3 is 0 Å². The summed E-state index contributed by atoms with van der Waals surface area (Å²) in [5.41, 5.74) is 0. The SMILES string of the molecule is CCCCCCCCO[C@@H]1O[C@H](CO[C@H]2O[C@H](CO)[C@@H](O)[C@H](O)[C@@H]2O[C@H]2O[C@H](CO)[C@@H](O)[C@H](O)[C@@H]2O[C@H]2O[C@H](CO)[C@@H](O)[C@H](O)[C@@H]2O)[C@@H](O)[C@@H]1O. The Balaban J connectivity index is 1.46. The monoisotopic (exact) mass is 748 g/mol. The summed E-state index contributed by atoms with van der Waals surface area (Å²) in [5.74, 6) is 0. The van der Waals surface area contributed by atoms with Crippen molar-refractivity contribution in [3.63, 3.8) is 0 Å². The lowest BCUT2D eigenvalue weighted by Gasteiger charge is -2.48. The Bertz CT molecular complexity index is 997. The van der Waals surface area contributed by atoms with Crippen molar-refractivity contribution < 1.29 is 99.2 Å². The third-order valence-corrected chi connectivity index (χ3v) is 9.60. The van der Waals surface area contributed by atoms with Gasteiger partial charge in [0, 0.05) is 6.61 Å². The maximum Gasteiger partial charge on any atom is 0.187 e. The lowest BCUT2D eigenvalue weighted by atomic mass is 9.96. The van der Waals surface area contributed by atoms with Crippen molar-refractivity contribution >= 4 is 0 Å². The molecule has 4 aliphatic heterocycles. The first kappa shape index (κ1) is 42.9. The molecule has 4 rings (SSSR count). The molecule has 4 saturated heterocycles. The minimum atomic E-state index is -1.94. The van der Waals surface area contributed by atoms with Gasteiger partial charge in [0.1, 0.15) is 91.6 Å². The maximum atomic E-state index is 11.1. The summed E-state index contributed by atoms with van der Waals surface area (Å²) in [6.45, 7) is -0.514. The average molecular weight is 749 g/mol.